The summed E-state index contributed by atoms with van der Waals surface area (Å²) in [5.41, 5.74) is 1.85. The van der Waals surface area contributed by atoms with E-state index >= 15 is 0 Å². The molecule has 110 valence electrons. The maximum Gasteiger partial charge on any atom is 0.401 e. The van der Waals surface area contributed by atoms with Crippen molar-refractivity contribution in [3.63, 3.8) is 0 Å². The molecule has 0 saturated heterocycles. The second kappa shape index (κ2) is 5.83. The molecule has 1 aromatic heterocycles. The van der Waals surface area contributed by atoms with Gasteiger partial charge in [0.2, 0.25) is 0 Å². The van der Waals surface area contributed by atoms with Crippen LogP contribution in [0.1, 0.15) is 25.7 Å². The normalized spacial score (nSPS) is 13.8. The first kappa shape index (κ1) is 14.8. The quantitative estimate of drug-likeness (QED) is 0.913. The minimum atomic E-state index is -4.18. The summed E-state index contributed by atoms with van der Waals surface area (Å²) < 4.78 is 38.5. The van der Waals surface area contributed by atoms with Crippen LogP contribution < -0.4 is 5.32 Å². The van der Waals surface area contributed by atoms with Gasteiger partial charge in [0.25, 0.3) is 0 Å². The van der Waals surface area contributed by atoms with Crippen LogP contribution in [0.3, 0.4) is 0 Å². The topological polar surface area (TPSA) is 29.9 Å². The molecule has 2 aromatic rings. The van der Waals surface area contributed by atoms with Gasteiger partial charge < -0.3 is 9.88 Å². The molecule has 20 heavy (non-hydrogen) atoms. The molecular formula is C14H18F3N3. The molecule has 0 bridgehead atoms. The highest BCUT2D eigenvalue weighted by Crippen LogP contribution is 2.21. The number of hydrogen-bond donors (Lipinski definition) is 1. The molecule has 1 heterocycles. The van der Waals surface area contributed by atoms with Crippen LogP contribution in [-0.2, 0) is 6.42 Å². The predicted octanol–water partition coefficient (Wildman–Crippen LogP) is 3.31. The maximum atomic E-state index is 12.2. The highest BCUT2D eigenvalue weighted by molar-refractivity contribution is 5.76. The van der Waals surface area contributed by atoms with Crippen LogP contribution in [0.15, 0.2) is 24.3 Å². The Balaban J connectivity index is 2.18. The van der Waals surface area contributed by atoms with Crippen LogP contribution in [0.2, 0.25) is 0 Å². The molecule has 0 saturated carbocycles. The third kappa shape index (κ3) is 3.30. The second-order valence-electron chi connectivity index (χ2n) is 4.84. The van der Waals surface area contributed by atoms with Crippen molar-refractivity contribution in [3.05, 3.63) is 30.1 Å². The molecule has 0 aliphatic carbocycles. The van der Waals surface area contributed by atoms with E-state index in [9.17, 15) is 13.2 Å². The molecule has 0 aliphatic heterocycles. The number of nitrogens with zero attached hydrogens (tertiary/aromatic N) is 2. The lowest BCUT2D eigenvalue weighted by Crippen LogP contribution is -2.33. The zero-order chi connectivity index (χ0) is 14.8. The van der Waals surface area contributed by atoms with Crippen molar-refractivity contribution < 1.29 is 13.2 Å². The van der Waals surface area contributed by atoms with Crippen LogP contribution >= 0.6 is 0 Å². The van der Waals surface area contributed by atoms with Crippen LogP contribution in [-0.4, -0.2) is 28.8 Å². The number of aryl methyl sites for hydroxylation is 1. The Morgan fingerprint density at radius 1 is 1.30 bits per heavy atom. The number of fused-ring (bicyclic) bond motifs is 1. The van der Waals surface area contributed by atoms with E-state index in [2.05, 4.69) is 10.3 Å². The fourth-order valence-corrected chi connectivity index (χ4v) is 2.35. The Morgan fingerprint density at radius 3 is 2.65 bits per heavy atom. The number of benzene rings is 1. The highest BCUT2D eigenvalue weighted by atomic mass is 19.4. The lowest BCUT2D eigenvalue weighted by Gasteiger charge is -2.18. The Morgan fingerprint density at radius 2 is 2.00 bits per heavy atom. The van der Waals surface area contributed by atoms with Gasteiger partial charge in [0.15, 0.2) is 0 Å². The van der Waals surface area contributed by atoms with E-state index in [4.69, 9.17) is 0 Å². The first-order chi connectivity index (χ1) is 9.42. The monoisotopic (exact) mass is 285 g/mol. The lowest BCUT2D eigenvalue weighted by atomic mass is 10.2. The number of aromatic nitrogens is 2. The van der Waals surface area contributed by atoms with E-state index < -0.39 is 12.7 Å². The first-order valence-corrected chi connectivity index (χ1v) is 6.65. The molecular weight excluding hydrogens is 267 g/mol. The molecule has 1 atom stereocenters. The first-order valence-electron chi connectivity index (χ1n) is 6.65. The number of hydrogen-bond acceptors (Lipinski definition) is 2. The summed E-state index contributed by atoms with van der Waals surface area (Å²) in [5.74, 6) is 0.896. The summed E-state index contributed by atoms with van der Waals surface area (Å²) in [7, 11) is 0. The van der Waals surface area contributed by atoms with E-state index in [1.54, 1.807) is 0 Å². The average Bonchev–Trinajstić information content (AvgIpc) is 2.75. The van der Waals surface area contributed by atoms with E-state index in [1.165, 1.54) is 0 Å². The van der Waals surface area contributed by atoms with Gasteiger partial charge in [-0.05, 0) is 19.1 Å². The van der Waals surface area contributed by atoms with Crippen LogP contribution in [0.5, 0.6) is 0 Å². The van der Waals surface area contributed by atoms with E-state index in [1.807, 2.05) is 42.7 Å². The molecule has 3 nitrogen and oxygen atoms in total. The summed E-state index contributed by atoms with van der Waals surface area (Å²) in [6.45, 7) is 3.18. The van der Waals surface area contributed by atoms with Gasteiger partial charge in [-0.3, -0.25) is 0 Å². The Hall–Kier alpha value is -1.56. The average molecular weight is 285 g/mol. The van der Waals surface area contributed by atoms with Gasteiger partial charge in [-0.2, -0.15) is 13.2 Å². The van der Waals surface area contributed by atoms with Gasteiger partial charge in [-0.25, -0.2) is 4.98 Å². The Kier molecular flexibility index (Phi) is 4.32. The Bertz CT molecular complexity index is 575. The molecule has 2 rings (SSSR count). The summed E-state index contributed by atoms with van der Waals surface area (Å²) >= 11 is 0. The van der Waals surface area contributed by atoms with E-state index in [-0.39, 0.29) is 12.6 Å². The molecule has 0 fully saturated rings. The van der Waals surface area contributed by atoms with Crippen molar-refractivity contribution >= 4 is 11.0 Å². The molecule has 0 spiro atoms. The number of para-hydroxylation sites is 2. The maximum absolute atomic E-state index is 12.2. The van der Waals surface area contributed by atoms with Gasteiger partial charge in [-0.15, -0.1) is 0 Å². The third-order valence-corrected chi connectivity index (χ3v) is 3.19. The van der Waals surface area contributed by atoms with E-state index in [0.717, 1.165) is 23.3 Å². The smallest absolute Gasteiger partial charge is 0.324 e. The molecule has 0 radical (unpaired) electrons. The number of rotatable bonds is 5. The van der Waals surface area contributed by atoms with Crippen molar-refractivity contribution in [2.45, 2.75) is 32.5 Å². The number of imidazole rings is 1. The summed E-state index contributed by atoms with van der Waals surface area (Å²) in [4.78, 5) is 4.52. The van der Waals surface area contributed by atoms with Gasteiger partial charge in [0.05, 0.1) is 17.6 Å². The van der Waals surface area contributed by atoms with Crippen LogP contribution in [0, 0.1) is 0 Å². The molecule has 1 aromatic carbocycles. The SMILES string of the molecule is CCc1nc2ccccc2n1C(C)CNCC(F)(F)F. The van der Waals surface area contributed by atoms with Crippen molar-refractivity contribution in [2.75, 3.05) is 13.1 Å². The summed E-state index contributed by atoms with van der Waals surface area (Å²) in [6.07, 6.45) is -3.43. The van der Waals surface area contributed by atoms with Crippen molar-refractivity contribution in [2.24, 2.45) is 0 Å². The standard InChI is InChI=1S/C14H18F3N3/c1-3-13-19-11-6-4-5-7-12(11)20(13)10(2)8-18-9-14(15,16)17/h4-7,10,18H,3,8-9H2,1-2H3. The molecule has 1 N–H and O–H groups in total. The fraction of sp³-hybridized carbons (Fsp3) is 0.500. The summed E-state index contributed by atoms with van der Waals surface area (Å²) in [6, 6.07) is 7.60. The predicted molar refractivity (Wildman–Crippen MR) is 72.7 cm³/mol. The number of halogens is 3. The zero-order valence-electron chi connectivity index (χ0n) is 11.5. The summed E-state index contributed by atoms with van der Waals surface area (Å²) in [5, 5.41) is 2.46. The van der Waals surface area contributed by atoms with Crippen molar-refractivity contribution in [3.8, 4) is 0 Å². The highest BCUT2D eigenvalue weighted by Gasteiger charge is 2.26. The van der Waals surface area contributed by atoms with Gasteiger partial charge >= 0.3 is 6.18 Å². The largest absolute Gasteiger partial charge is 0.401 e. The number of nitrogens with one attached hydrogen (secondary N) is 1. The molecule has 0 aliphatic rings. The van der Waals surface area contributed by atoms with Gasteiger partial charge in [-0.1, -0.05) is 19.1 Å². The molecule has 6 heteroatoms. The molecule has 1 unspecified atom stereocenters. The van der Waals surface area contributed by atoms with Crippen molar-refractivity contribution in [1.29, 1.82) is 0 Å². The fourth-order valence-electron chi connectivity index (χ4n) is 2.35. The molecule has 0 amide bonds. The number of alkyl halides is 3. The van der Waals surface area contributed by atoms with Crippen LogP contribution in [0.4, 0.5) is 13.2 Å². The Labute approximate surface area is 115 Å². The minimum Gasteiger partial charge on any atom is -0.324 e. The van der Waals surface area contributed by atoms with Gasteiger partial charge in [0.1, 0.15) is 5.82 Å². The van der Waals surface area contributed by atoms with E-state index in [0.29, 0.717) is 0 Å². The second-order valence-corrected chi connectivity index (χ2v) is 4.84. The lowest BCUT2D eigenvalue weighted by molar-refractivity contribution is -0.124. The zero-order valence-corrected chi connectivity index (χ0v) is 11.5. The van der Waals surface area contributed by atoms with Gasteiger partial charge in [0, 0.05) is 19.0 Å². The van der Waals surface area contributed by atoms with Crippen LogP contribution in [0.25, 0.3) is 11.0 Å². The van der Waals surface area contributed by atoms with Crippen molar-refractivity contribution in [1.82, 2.24) is 14.9 Å². The third-order valence-electron chi connectivity index (χ3n) is 3.19. The minimum absolute atomic E-state index is 0.0836.